The zero-order valence-electron chi connectivity index (χ0n) is 19.6. The normalized spacial score (nSPS) is 23.4. The standard InChI is InChI=1S/C25H35FN6.HI/c1-3-27-25(30-22-11-13-31(18-22)24-23(26)10-7-12-28-24)29-15-21-14-19(2)32(17-21)16-20-8-5-4-6-9-20;/h4-10,12,19,21-22H,3,11,13-18H2,1-2H3,(H2,27,29,30);1H. The molecule has 0 saturated carbocycles. The Bertz CT molecular complexity index is 895. The van der Waals surface area contributed by atoms with Crippen molar-refractivity contribution in [2.24, 2.45) is 10.9 Å². The minimum Gasteiger partial charge on any atom is -0.357 e. The lowest BCUT2D eigenvalue weighted by Crippen LogP contribution is -2.45. The smallest absolute Gasteiger partial charge is 0.191 e. The van der Waals surface area contributed by atoms with Crippen LogP contribution < -0.4 is 15.5 Å². The van der Waals surface area contributed by atoms with Crippen molar-refractivity contribution in [2.45, 2.75) is 45.3 Å². The summed E-state index contributed by atoms with van der Waals surface area (Å²) in [5.41, 5.74) is 1.37. The fraction of sp³-hybridized carbons (Fsp3) is 0.520. The maximum absolute atomic E-state index is 14.1. The molecular formula is C25H36FIN6. The number of hydrogen-bond donors (Lipinski definition) is 2. The molecule has 33 heavy (non-hydrogen) atoms. The van der Waals surface area contributed by atoms with Gasteiger partial charge >= 0.3 is 0 Å². The lowest BCUT2D eigenvalue weighted by Gasteiger charge is -2.21. The van der Waals surface area contributed by atoms with Gasteiger partial charge in [0.1, 0.15) is 0 Å². The van der Waals surface area contributed by atoms with Crippen LogP contribution in [0, 0.1) is 11.7 Å². The van der Waals surface area contributed by atoms with Crippen LogP contribution in [0.1, 0.15) is 32.3 Å². The van der Waals surface area contributed by atoms with Crippen molar-refractivity contribution in [1.82, 2.24) is 20.5 Å². The second kappa shape index (κ2) is 12.5. The number of aliphatic imine (C=N–C) groups is 1. The van der Waals surface area contributed by atoms with E-state index in [9.17, 15) is 4.39 Å². The number of nitrogens with one attached hydrogen (secondary N) is 2. The molecule has 2 aliphatic rings. The topological polar surface area (TPSA) is 55.8 Å². The predicted molar refractivity (Wildman–Crippen MR) is 144 cm³/mol. The van der Waals surface area contributed by atoms with E-state index in [0.717, 1.165) is 51.6 Å². The molecule has 8 heteroatoms. The lowest BCUT2D eigenvalue weighted by atomic mass is 10.1. The second-order valence-electron chi connectivity index (χ2n) is 8.97. The zero-order valence-corrected chi connectivity index (χ0v) is 21.9. The quantitative estimate of drug-likeness (QED) is 0.303. The molecule has 2 aliphatic heterocycles. The Morgan fingerprint density at radius 1 is 1.18 bits per heavy atom. The van der Waals surface area contributed by atoms with Crippen LogP contribution in [0.2, 0.25) is 0 Å². The molecule has 0 spiro atoms. The van der Waals surface area contributed by atoms with E-state index in [1.54, 1.807) is 12.3 Å². The van der Waals surface area contributed by atoms with Gasteiger partial charge in [-0.3, -0.25) is 9.89 Å². The second-order valence-corrected chi connectivity index (χ2v) is 8.97. The highest BCUT2D eigenvalue weighted by Crippen LogP contribution is 2.25. The largest absolute Gasteiger partial charge is 0.357 e. The Kier molecular flexibility index (Phi) is 9.73. The molecule has 6 nitrogen and oxygen atoms in total. The van der Waals surface area contributed by atoms with E-state index in [0.29, 0.717) is 17.8 Å². The van der Waals surface area contributed by atoms with Crippen molar-refractivity contribution in [3.63, 3.8) is 0 Å². The third-order valence-electron chi connectivity index (χ3n) is 6.44. The molecule has 2 saturated heterocycles. The number of aromatic nitrogens is 1. The van der Waals surface area contributed by atoms with Gasteiger partial charge in [-0.15, -0.1) is 24.0 Å². The predicted octanol–water partition coefficient (Wildman–Crippen LogP) is 3.88. The van der Waals surface area contributed by atoms with Crippen molar-refractivity contribution < 1.29 is 4.39 Å². The average molecular weight is 567 g/mol. The molecule has 3 unspecified atom stereocenters. The van der Waals surface area contributed by atoms with Crippen LogP contribution in [0.15, 0.2) is 53.7 Å². The van der Waals surface area contributed by atoms with Crippen LogP contribution in [-0.4, -0.2) is 60.7 Å². The van der Waals surface area contributed by atoms with E-state index in [-0.39, 0.29) is 35.8 Å². The molecule has 4 rings (SSSR count). The number of rotatable bonds is 7. The first-order valence-electron chi connectivity index (χ1n) is 11.8. The Morgan fingerprint density at radius 2 is 2.00 bits per heavy atom. The fourth-order valence-corrected chi connectivity index (χ4v) is 4.80. The van der Waals surface area contributed by atoms with Crippen molar-refractivity contribution >= 4 is 35.8 Å². The zero-order chi connectivity index (χ0) is 22.3. The Morgan fingerprint density at radius 3 is 2.76 bits per heavy atom. The van der Waals surface area contributed by atoms with Crippen LogP contribution in [0.5, 0.6) is 0 Å². The molecule has 2 aromatic rings. The highest BCUT2D eigenvalue weighted by Gasteiger charge is 2.29. The van der Waals surface area contributed by atoms with E-state index in [1.165, 1.54) is 18.1 Å². The molecule has 0 aliphatic carbocycles. The summed E-state index contributed by atoms with van der Waals surface area (Å²) in [6.45, 7) is 9.64. The van der Waals surface area contributed by atoms with Crippen LogP contribution >= 0.6 is 24.0 Å². The van der Waals surface area contributed by atoms with Crippen molar-refractivity contribution in [2.75, 3.05) is 37.6 Å². The van der Waals surface area contributed by atoms with Crippen LogP contribution in [0.25, 0.3) is 0 Å². The summed E-state index contributed by atoms with van der Waals surface area (Å²) in [6, 6.07) is 14.6. The molecule has 0 amide bonds. The molecule has 1 aromatic carbocycles. The monoisotopic (exact) mass is 566 g/mol. The Labute approximate surface area is 214 Å². The molecule has 3 heterocycles. The van der Waals surface area contributed by atoms with Crippen molar-refractivity contribution in [1.29, 1.82) is 0 Å². The summed E-state index contributed by atoms with van der Waals surface area (Å²) in [5, 5.41) is 6.93. The first-order valence-corrected chi connectivity index (χ1v) is 11.8. The van der Waals surface area contributed by atoms with Crippen LogP contribution in [0.3, 0.4) is 0 Å². The third kappa shape index (κ3) is 7.02. The van der Waals surface area contributed by atoms with E-state index in [4.69, 9.17) is 4.99 Å². The van der Waals surface area contributed by atoms with Crippen LogP contribution in [0.4, 0.5) is 10.2 Å². The lowest BCUT2D eigenvalue weighted by molar-refractivity contribution is 0.256. The van der Waals surface area contributed by atoms with Crippen molar-refractivity contribution in [3.8, 4) is 0 Å². The van der Waals surface area contributed by atoms with E-state index >= 15 is 0 Å². The number of hydrogen-bond acceptors (Lipinski definition) is 4. The molecule has 0 radical (unpaired) electrons. The minimum absolute atomic E-state index is 0. The molecular weight excluding hydrogens is 530 g/mol. The van der Waals surface area contributed by atoms with Gasteiger partial charge < -0.3 is 15.5 Å². The van der Waals surface area contributed by atoms with Gasteiger partial charge in [-0.25, -0.2) is 9.37 Å². The Hall–Kier alpha value is -1.94. The van der Waals surface area contributed by atoms with E-state index in [2.05, 4.69) is 64.7 Å². The van der Waals surface area contributed by atoms with Gasteiger partial charge in [-0.05, 0) is 50.3 Å². The number of pyridine rings is 1. The number of likely N-dealkylation sites (tertiary alicyclic amines) is 1. The number of halogens is 2. The molecule has 2 N–H and O–H groups in total. The van der Waals surface area contributed by atoms with Gasteiger partial charge in [0.2, 0.25) is 0 Å². The van der Waals surface area contributed by atoms with Crippen molar-refractivity contribution in [3.05, 3.63) is 60.0 Å². The van der Waals surface area contributed by atoms with Gasteiger partial charge in [0.15, 0.2) is 17.6 Å². The summed E-state index contributed by atoms with van der Waals surface area (Å²) in [7, 11) is 0. The SMILES string of the molecule is CCNC(=NCC1CC(C)N(Cc2ccccc2)C1)NC1CCN(c2ncccc2F)C1.I. The van der Waals surface area contributed by atoms with Gasteiger partial charge in [-0.1, -0.05) is 30.3 Å². The fourth-order valence-electron chi connectivity index (χ4n) is 4.80. The maximum atomic E-state index is 14.1. The summed E-state index contributed by atoms with van der Waals surface area (Å²) < 4.78 is 14.1. The highest BCUT2D eigenvalue weighted by atomic mass is 127. The molecule has 0 bridgehead atoms. The Balaban J connectivity index is 0.00000306. The van der Waals surface area contributed by atoms with Gasteiger partial charge in [0, 0.05) is 57.5 Å². The van der Waals surface area contributed by atoms with E-state index in [1.807, 2.05) is 4.90 Å². The molecule has 180 valence electrons. The minimum atomic E-state index is -0.260. The number of nitrogens with zero attached hydrogens (tertiary/aromatic N) is 4. The maximum Gasteiger partial charge on any atom is 0.191 e. The first kappa shape index (κ1) is 25.7. The summed E-state index contributed by atoms with van der Waals surface area (Å²) in [4.78, 5) is 13.7. The van der Waals surface area contributed by atoms with Gasteiger partial charge in [-0.2, -0.15) is 0 Å². The number of guanidine groups is 1. The number of benzene rings is 1. The van der Waals surface area contributed by atoms with Gasteiger partial charge in [0.05, 0.1) is 0 Å². The molecule has 2 fully saturated rings. The summed E-state index contributed by atoms with van der Waals surface area (Å²) in [5.74, 6) is 1.60. The van der Waals surface area contributed by atoms with Gasteiger partial charge in [0.25, 0.3) is 0 Å². The first-order chi connectivity index (χ1) is 15.6. The number of anilines is 1. The third-order valence-corrected chi connectivity index (χ3v) is 6.44. The summed E-state index contributed by atoms with van der Waals surface area (Å²) in [6.07, 6.45) is 3.76. The molecule has 1 aromatic heterocycles. The molecule has 3 atom stereocenters. The van der Waals surface area contributed by atoms with Crippen LogP contribution in [-0.2, 0) is 6.54 Å². The summed E-state index contributed by atoms with van der Waals surface area (Å²) >= 11 is 0. The highest BCUT2D eigenvalue weighted by molar-refractivity contribution is 14.0. The average Bonchev–Trinajstić information content (AvgIpc) is 3.40. The van der Waals surface area contributed by atoms with E-state index < -0.39 is 0 Å².